The molecular formula is C25H18F4N4O. The van der Waals surface area contributed by atoms with Gasteiger partial charge in [-0.05, 0) is 52.8 Å². The SMILES string of the molecule is Cn1ncc(C#N)c1-c1ccc([C@H]2CC[C@H](F)c3cc(F)cc(C#N)c32)c2c1[C@H](O)C(F)(F)C2. The third-order valence-electron chi connectivity index (χ3n) is 6.86. The highest BCUT2D eigenvalue weighted by Crippen LogP contribution is 2.53. The lowest BCUT2D eigenvalue weighted by molar-refractivity contribution is -0.0966. The fourth-order valence-corrected chi connectivity index (χ4v) is 5.41. The first-order chi connectivity index (χ1) is 16.2. The molecule has 172 valence electrons. The van der Waals surface area contributed by atoms with E-state index in [-0.39, 0.29) is 46.2 Å². The Morgan fingerprint density at radius 2 is 1.82 bits per heavy atom. The van der Waals surface area contributed by atoms with Crippen LogP contribution in [0.4, 0.5) is 17.6 Å². The average Bonchev–Trinajstić information content (AvgIpc) is 3.29. The predicted octanol–water partition coefficient (Wildman–Crippen LogP) is 5.13. The second-order valence-corrected chi connectivity index (χ2v) is 8.74. The molecule has 0 spiro atoms. The number of hydrogen-bond donors (Lipinski definition) is 1. The lowest BCUT2D eigenvalue weighted by Gasteiger charge is -2.31. The molecule has 0 amide bonds. The molecule has 5 nitrogen and oxygen atoms in total. The molecule has 1 N–H and O–H groups in total. The van der Waals surface area contributed by atoms with Gasteiger partial charge in [0.05, 0.1) is 29.1 Å². The molecule has 0 unspecified atom stereocenters. The summed E-state index contributed by atoms with van der Waals surface area (Å²) in [4.78, 5) is 0. The third-order valence-corrected chi connectivity index (χ3v) is 6.86. The van der Waals surface area contributed by atoms with E-state index in [1.54, 1.807) is 19.2 Å². The number of aliphatic hydroxyl groups excluding tert-OH is 1. The van der Waals surface area contributed by atoms with Crippen LogP contribution in [0.25, 0.3) is 11.3 Å². The van der Waals surface area contributed by atoms with Gasteiger partial charge in [0.15, 0.2) is 0 Å². The number of aliphatic hydroxyl groups is 1. The van der Waals surface area contributed by atoms with Gasteiger partial charge in [-0.15, -0.1) is 0 Å². The van der Waals surface area contributed by atoms with Crippen LogP contribution >= 0.6 is 0 Å². The molecule has 0 saturated heterocycles. The van der Waals surface area contributed by atoms with Crippen molar-refractivity contribution in [2.24, 2.45) is 7.05 Å². The molecule has 3 atom stereocenters. The summed E-state index contributed by atoms with van der Waals surface area (Å²) < 4.78 is 59.8. The van der Waals surface area contributed by atoms with Crippen molar-refractivity contribution < 1.29 is 22.7 Å². The van der Waals surface area contributed by atoms with Gasteiger partial charge in [-0.1, -0.05) is 12.1 Å². The number of aromatic nitrogens is 2. The Labute approximate surface area is 192 Å². The van der Waals surface area contributed by atoms with E-state index >= 15 is 0 Å². The molecule has 5 rings (SSSR count). The Bertz CT molecular complexity index is 1420. The maximum absolute atomic E-state index is 14.8. The summed E-state index contributed by atoms with van der Waals surface area (Å²) in [6.07, 6.45) is -2.73. The molecule has 0 radical (unpaired) electrons. The van der Waals surface area contributed by atoms with Gasteiger partial charge in [-0.25, -0.2) is 17.6 Å². The number of benzene rings is 2. The van der Waals surface area contributed by atoms with Gasteiger partial charge in [-0.3, -0.25) is 4.68 Å². The molecule has 0 saturated carbocycles. The van der Waals surface area contributed by atoms with E-state index in [9.17, 15) is 33.2 Å². The number of nitrogens with zero attached hydrogens (tertiary/aromatic N) is 4. The van der Waals surface area contributed by atoms with Gasteiger partial charge in [-0.2, -0.15) is 15.6 Å². The summed E-state index contributed by atoms with van der Waals surface area (Å²) in [5.74, 6) is -4.82. The molecule has 2 aliphatic rings. The van der Waals surface area contributed by atoms with Gasteiger partial charge in [0.2, 0.25) is 0 Å². The quantitative estimate of drug-likeness (QED) is 0.531. The van der Waals surface area contributed by atoms with Gasteiger partial charge in [0.25, 0.3) is 5.92 Å². The first-order valence-electron chi connectivity index (χ1n) is 10.7. The van der Waals surface area contributed by atoms with Crippen LogP contribution in [0.15, 0.2) is 30.5 Å². The molecule has 0 fully saturated rings. The molecule has 9 heteroatoms. The minimum absolute atomic E-state index is 0.00728. The minimum Gasteiger partial charge on any atom is -0.382 e. The predicted molar refractivity (Wildman–Crippen MR) is 113 cm³/mol. The number of nitriles is 2. The molecule has 1 aromatic heterocycles. The first-order valence-corrected chi connectivity index (χ1v) is 10.7. The second kappa shape index (κ2) is 7.68. The van der Waals surface area contributed by atoms with E-state index < -0.39 is 36.4 Å². The fourth-order valence-electron chi connectivity index (χ4n) is 5.41. The zero-order valence-corrected chi connectivity index (χ0v) is 18.0. The number of halogens is 4. The maximum atomic E-state index is 14.8. The van der Waals surface area contributed by atoms with E-state index in [2.05, 4.69) is 5.10 Å². The highest BCUT2D eigenvalue weighted by molar-refractivity contribution is 5.74. The topological polar surface area (TPSA) is 85.6 Å². The van der Waals surface area contributed by atoms with Crippen molar-refractivity contribution in [2.75, 3.05) is 0 Å². The minimum atomic E-state index is -3.46. The number of hydrogen-bond acceptors (Lipinski definition) is 4. The van der Waals surface area contributed by atoms with Gasteiger partial charge in [0.1, 0.15) is 24.2 Å². The maximum Gasteiger partial charge on any atom is 0.281 e. The van der Waals surface area contributed by atoms with E-state index in [1.165, 1.54) is 10.9 Å². The molecular weight excluding hydrogens is 448 g/mol. The van der Waals surface area contributed by atoms with Crippen molar-refractivity contribution in [3.8, 4) is 23.4 Å². The summed E-state index contributed by atoms with van der Waals surface area (Å²) in [5.41, 5.74) is 1.67. The first kappa shape index (κ1) is 22.1. The fraction of sp³-hybridized carbons (Fsp3) is 0.320. The molecule has 2 aromatic carbocycles. The Morgan fingerprint density at radius 3 is 2.53 bits per heavy atom. The highest BCUT2D eigenvalue weighted by atomic mass is 19.3. The van der Waals surface area contributed by atoms with Crippen LogP contribution in [0, 0.1) is 28.5 Å². The number of fused-ring (bicyclic) bond motifs is 2. The lowest BCUT2D eigenvalue weighted by atomic mass is 9.74. The lowest BCUT2D eigenvalue weighted by Crippen LogP contribution is -2.22. The van der Waals surface area contributed by atoms with Crippen LogP contribution in [0.2, 0.25) is 0 Å². The Kier molecular flexibility index (Phi) is 5.00. The van der Waals surface area contributed by atoms with Crippen LogP contribution in [0.5, 0.6) is 0 Å². The summed E-state index contributed by atoms with van der Waals surface area (Å²) in [6.45, 7) is 0. The van der Waals surface area contributed by atoms with Crippen molar-refractivity contribution in [3.05, 3.63) is 75.2 Å². The van der Waals surface area contributed by atoms with Gasteiger partial charge < -0.3 is 5.11 Å². The monoisotopic (exact) mass is 466 g/mol. The van der Waals surface area contributed by atoms with Gasteiger partial charge in [0, 0.05) is 24.9 Å². The zero-order chi connectivity index (χ0) is 24.4. The van der Waals surface area contributed by atoms with E-state index in [0.717, 1.165) is 12.1 Å². The molecule has 1 heterocycles. The Hall–Kier alpha value is -3.69. The standard InChI is InChI=1S/C25H18F4N4O/c1-33-23(13(10-31)11-32-33)17-3-2-15(19-8-25(28,29)24(34)22(17)19)16-4-5-20(27)18-7-14(26)6-12(9-30)21(16)18/h2-3,6-7,11,16,20,24,34H,4-5,8H2,1H3/t16-,20+,24+/m1/s1. The van der Waals surface area contributed by atoms with Crippen LogP contribution in [0.1, 0.15) is 70.0 Å². The van der Waals surface area contributed by atoms with Crippen molar-refractivity contribution in [3.63, 3.8) is 0 Å². The molecule has 34 heavy (non-hydrogen) atoms. The van der Waals surface area contributed by atoms with Crippen LogP contribution in [-0.4, -0.2) is 20.8 Å². The number of aryl methyl sites for hydroxylation is 1. The summed E-state index contributed by atoms with van der Waals surface area (Å²) >= 11 is 0. The largest absolute Gasteiger partial charge is 0.382 e. The molecule has 0 bridgehead atoms. The van der Waals surface area contributed by atoms with Crippen molar-refractivity contribution in [2.45, 2.75) is 43.4 Å². The zero-order valence-electron chi connectivity index (χ0n) is 18.0. The van der Waals surface area contributed by atoms with E-state index in [1.807, 2.05) is 12.1 Å². The molecule has 3 aromatic rings. The summed E-state index contributed by atoms with van der Waals surface area (Å²) in [6, 6.07) is 9.15. The van der Waals surface area contributed by atoms with Gasteiger partial charge >= 0.3 is 0 Å². The van der Waals surface area contributed by atoms with Crippen LogP contribution < -0.4 is 0 Å². The highest BCUT2D eigenvalue weighted by Gasteiger charge is 2.50. The van der Waals surface area contributed by atoms with E-state index in [0.29, 0.717) is 16.8 Å². The Morgan fingerprint density at radius 1 is 1.09 bits per heavy atom. The smallest absolute Gasteiger partial charge is 0.281 e. The van der Waals surface area contributed by atoms with Crippen molar-refractivity contribution in [1.82, 2.24) is 9.78 Å². The van der Waals surface area contributed by atoms with Crippen LogP contribution in [-0.2, 0) is 13.5 Å². The average molecular weight is 466 g/mol. The van der Waals surface area contributed by atoms with Crippen molar-refractivity contribution >= 4 is 0 Å². The summed E-state index contributed by atoms with van der Waals surface area (Å²) in [5, 5.41) is 33.7. The normalized spacial score (nSPS) is 22.5. The third kappa shape index (κ3) is 3.12. The molecule has 2 aliphatic carbocycles. The molecule has 0 aliphatic heterocycles. The number of rotatable bonds is 2. The van der Waals surface area contributed by atoms with Crippen molar-refractivity contribution in [1.29, 1.82) is 10.5 Å². The second-order valence-electron chi connectivity index (χ2n) is 8.74. The Balaban J connectivity index is 1.78. The summed E-state index contributed by atoms with van der Waals surface area (Å²) in [7, 11) is 1.57. The van der Waals surface area contributed by atoms with E-state index in [4.69, 9.17) is 0 Å². The number of alkyl halides is 3. The van der Waals surface area contributed by atoms with Crippen LogP contribution in [0.3, 0.4) is 0 Å².